The molecule has 3 aromatic rings. The molecule has 186 valence electrons. The molecular weight excluding hydrogens is 486 g/mol. The van der Waals surface area contributed by atoms with E-state index in [0.29, 0.717) is 5.56 Å². The summed E-state index contributed by atoms with van der Waals surface area (Å²) in [5.41, 5.74) is 5.10. The molecule has 0 radical (unpaired) electrons. The number of amides is 2. The number of nitrogens with zero attached hydrogens (tertiary/aromatic N) is 2. The van der Waals surface area contributed by atoms with Crippen molar-refractivity contribution >= 4 is 23.1 Å². The lowest BCUT2D eigenvalue weighted by molar-refractivity contribution is 0.0385. The van der Waals surface area contributed by atoms with Gasteiger partial charge < -0.3 is 14.5 Å². The second-order valence-corrected chi connectivity index (χ2v) is 9.45. The van der Waals surface area contributed by atoms with Crippen LogP contribution in [0.5, 0.6) is 0 Å². The van der Waals surface area contributed by atoms with Crippen LogP contribution in [0.25, 0.3) is 11.1 Å². The first-order valence-electron chi connectivity index (χ1n) is 11.9. The Kier molecular flexibility index (Phi) is 6.92. The highest BCUT2D eigenvalue weighted by Gasteiger charge is 2.38. The van der Waals surface area contributed by atoms with Gasteiger partial charge in [0.05, 0.1) is 12.6 Å². The zero-order valence-corrected chi connectivity index (χ0v) is 20.2. The van der Waals surface area contributed by atoms with E-state index >= 15 is 4.39 Å². The van der Waals surface area contributed by atoms with E-state index in [1.165, 1.54) is 34.1 Å². The molecule has 5 rings (SSSR count). The first-order chi connectivity index (χ1) is 17.4. The van der Waals surface area contributed by atoms with Crippen molar-refractivity contribution in [2.45, 2.75) is 31.1 Å². The smallest absolute Gasteiger partial charge is 0.409 e. The van der Waals surface area contributed by atoms with Gasteiger partial charge >= 0.3 is 11.5 Å². The van der Waals surface area contributed by atoms with Gasteiger partial charge in [0.25, 0.3) is 0 Å². The van der Waals surface area contributed by atoms with Gasteiger partial charge in [0.1, 0.15) is 18.6 Å². The fourth-order valence-corrected chi connectivity index (χ4v) is 5.38. The van der Waals surface area contributed by atoms with Gasteiger partial charge in [0.2, 0.25) is 0 Å². The second kappa shape index (κ2) is 10.3. The minimum atomic E-state index is -1.50. The Labute approximate surface area is 213 Å². The zero-order chi connectivity index (χ0) is 25.2. The summed E-state index contributed by atoms with van der Waals surface area (Å²) in [5, 5.41) is -0.790. The molecule has 0 N–H and O–H groups in total. The van der Waals surface area contributed by atoms with E-state index in [9.17, 15) is 14.0 Å². The Bertz CT molecular complexity index is 1220. The minimum Gasteiger partial charge on any atom is -0.448 e. The maximum Gasteiger partial charge on any atom is 0.409 e. The average molecular weight is 511 g/mol. The summed E-state index contributed by atoms with van der Waals surface area (Å²) in [6.07, 6.45) is -1.87. The number of halogens is 3. The predicted octanol–water partition coefficient (Wildman–Crippen LogP) is 6.35. The predicted molar refractivity (Wildman–Crippen MR) is 133 cm³/mol. The van der Waals surface area contributed by atoms with Gasteiger partial charge in [0, 0.05) is 19.0 Å². The molecule has 0 bridgehead atoms. The third kappa shape index (κ3) is 4.80. The third-order valence-corrected chi connectivity index (χ3v) is 7.21. The number of fused-ring (bicyclic) bond motifs is 3. The number of likely N-dealkylation sites (tertiary alicyclic amines) is 1. The van der Waals surface area contributed by atoms with Gasteiger partial charge in [-0.1, -0.05) is 60.7 Å². The van der Waals surface area contributed by atoms with Crippen LogP contribution in [-0.2, 0) is 11.3 Å². The number of hydrogen-bond donors (Lipinski definition) is 0. The molecule has 5 nitrogen and oxygen atoms in total. The molecule has 1 saturated heterocycles. The number of alkyl halides is 1. The van der Waals surface area contributed by atoms with Gasteiger partial charge in [-0.2, -0.15) is 0 Å². The number of ether oxygens (including phenoxy) is 1. The van der Waals surface area contributed by atoms with Crippen molar-refractivity contribution in [2.75, 3.05) is 19.7 Å². The maximum atomic E-state index is 15.2. The largest absolute Gasteiger partial charge is 0.448 e. The molecule has 2 atom stereocenters. The van der Waals surface area contributed by atoms with Crippen molar-refractivity contribution in [3.8, 4) is 11.1 Å². The molecule has 0 unspecified atom stereocenters. The number of piperidine rings is 1. The summed E-state index contributed by atoms with van der Waals surface area (Å²) in [6, 6.07) is 20.9. The van der Waals surface area contributed by atoms with Crippen LogP contribution in [0, 0.1) is 5.82 Å². The summed E-state index contributed by atoms with van der Waals surface area (Å²) in [4.78, 5) is 27.5. The Morgan fingerprint density at radius 3 is 2.17 bits per heavy atom. The van der Waals surface area contributed by atoms with Gasteiger partial charge in [-0.3, -0.25) is 4.79 Å². The fraction of sp³-hybridized carbons (Fsp3) is 0.286. The van der Waals surface area contributed by atoms with Crippen LogP contribution in [0.2, 0.25) is 0 Å². The monoisotopic (exact) mass is 510 g/mol. The summed E-state index contributed by atoms with van der Waals surface area (Å²) < 4.78 is 34.1. The fourth-order valence-electron chi connectivity index (χ4n) is 5.19. The van der Waals surface area contributed by atoms with E-state index in [1.54, 1.807) is 0 Å². The standard InChI is InChI=1S/C28H25ClF2N2O3/c29-27(34)33(15-18-9-11-19(30)12-10-18)26-13-14-32(16-25(26)31)28(35)36-17-24-22-7-3-1-5-20(22)21-6-2-4-8-23(21)24/h1-12,24-26H,13-17H2/t25-,26+/m0/s1. The summed E-state index contributed by atoms with van der Waals surface area (Å²) in [5.74, 6) is -0.484. The third-order valence-electron chi connectivity index (χ3n) is 6.99. The molecule has 0 aromatic heterocycles. The highest BCUT2D eigenvalue weighted by molar-refractivity contribution is 6.62. The van der Waals surface area contributed by atoms with E-state index in [4.69, 9.17) is 16.3 Å². The van der Waals surface area contributed by atoms with Gasteiger partial charge in [-0.15, -0.1) is 0 Å². The van der Waals surface area contributed by atoms with Crippen molar-refractivity contribution in [1.29, 1.82) is 0 Å². The van der Waals surface area contributed by atoms with E-state index in [2.05, 4.69) is 12.1 Å². The van der Waals surface area contributed by atoms with Crippen molar-refractivity contribution in [3.05, 3.63) is 95.3 Å². The Hall–Kier alpha value is -3.45. The van der Waals surface area contributed by atoms with Crippen LogP contribution >= 0.6 is 11.6 Å². The Morgan fingerprint density at radius 1 is 0.972 bits per heavy atom. The molecule has 36 heavy (non-hydrogen) atoms. The van der Waals surface area contributed by atoms with Crippen LogP contribution < -0.4 is 0 Å². The zero-order valence-electron chi connectivity index (χ0n) is 19.4. The van der Waals surface area contributed by atoms with Gasteiger partial charge in [-0.25, -0.2) is 13.6 Å². The quantitative estimate of drug-likeness (QED) is 0.297. The summed E-state index contributed by atoms with van der Waals surface area (Å²) >= 11 is 5.77. The highest BCUT2D eigenvalue weighted by Crippen LogP contribution is 2.44. The molecular formula is C28H25ClF2N2O3. The molecule has 2 aliphatic rings. The first kappa shape index (κ1) is 24.3. The Morgan fingerprint density at radius 2 is 1.58 bits per heavy atom. The first-order valence-corrected chi connectivity index (χ1v) is 12.2. The van der Waals surface area contributed by atoms with Crippen LogP contribution in [-0.4, -0.2) is 53.2 Å². The number of carbonyl (C=O) groups is 2. The highest BCUT2D eigenvalue weighted by atomic mass is 35.5. The molecule has 8 heteroatoms. The van der Waals surface area contributed by atoms with E-state index in [0.717, 1.165) is 22.3 Å². The van der Waals surface area contributed by atoms with Crippen LogP contribution in [0.1, 0.15) is 29.0 Å². The van der Waals surface area contributed by atoms with Crippen LogP contribution in [0.4, 0.5) is 18.4 Å². The van der Waals surface area contributed by atoms with Gasteiger partial charge in [0.15, 0.2) is 0 Å². The lowest BCUT2D eigenvalue weighted by Crippen LogP contribution is -2.54. The van der Waals surface area contributed by atoms with Crippen molar-refractivity contribution in [3.63, 3.8) is 0 Å². The number of benzene rings is 3. The second-order valence-electron chi connectivity index (χ2n) is 9.13. The van der Waals surface area contributed by atoms with Crippen LogP contribution in [0.3, 0.4) is 0 Å². The number of carbonyl (C=O) groups excluding carboxylic acids is 2. The van der Waals surface area contributed by atoms with E-state index in [-0.39, 0.29) is 38.6 Å². The molecule has 3 aromatic carbocycles. The molecule has 2 amide bonds. The van der Waals surface area contributed by atoms with Crippen LogP contribution in [0.15, 0.2) is 72.8 Å². The molecule has 0 saturated carbocycles. The molecule has 1 fully saturated rings. The lowest BCUT2D eigenvalue weighted by atomic mass is 9.98. The van der Waals surface area contributed by atoms with Crippen molar-refractivity contribution in [2.24, 2.45) is 0 Å². The molecule has 1 heterocycles. The normalized spacial score (nSPS) is 18.9. The maximum absolute atomic E-state index is 15.2. The molecule has 0 spiro atoms. The molecule has 1 aliphatic carbocycles. The van der Waals surface area contributed by atoms with E-state index in [1.807, 2.05) is 36.4 Å². The van der Waals surface area contributed by atoms with Crippen molar-refractivity contribution < 1.29 is 23.1 Å². The van der Waals surface area contributed by atoms with Gasteiger partial charge in [-0.05, 0) is 58.0 Å². The number of hydrogen-bond acceptors (Lipinski definition) is 3. The SMILES string of the molecule is O=C(OCC1c2ccccc2-c2ccccc21)N1CC[C@@H](N(Cc2ccc(F)cc2)C(=O)Cl)[C@@H](F)C1. The minimum absolute atomic E-state index is 0.0542. The summed E-state index contributed by atoms with van der Waals surface area (Å²) in [6.45, 7) is 0.233. The lowest BCUT2D eigenvalue weighted by Gasteiger charge is -2.39. The summed E-state index contributed by atoms with van der Waals surface area (Å²) in [7, 11) is 0. The molecule has 1 aliphatic heterocycles. The van der Waals surface area contributed by atoms with E-state index < -0.39 is 29.5 Å². The average Bonchev–Trinajstić information content (AvgIpc) is 3.20. The van der Waals surface area contributed by atoms with Crippen molar-refractivity contribution in [1.82, 2.24) is 9.80 Å². The topological polar surface area (TPSA) is 49.9 Å². The Balaban J connectivity index is 1.22. The number of rotatable bonds is 5.